The number of rotatable bonds is 7. The van der Waals surface area contributed by atoms with Crippen molar-refractivity contribution in [1.82, 2.24) is 20.2 Å². The minimum Gasteiger partial charge on any atom is -0.453 e. The van der Waals surface area contributed by atoms with E-state index in [1.165, 1.54) is 23.5 Å². The van der Waals surface area contributed by atoms with Gasteiger partial charge in [0.1, 0.15) is 5.75 Å². The maximum atomic E-state index is 14.8. The number of ether oxygens (including phenoxy) is 1. The summed E-state index contributed by atoms with van der Waals surface area (Å²) in [6, 6.07) is 11.2. The van der Waals surface area contributed by atoms with Crippen LogP contribution in [0, 0.1) is 5.82 Å². The van der Waals surface area contributed by atoms with Crippen LogP contribution in [-0.4, -0.2) is 45.4 Å². The highest BCUT2D eigenvalue weighted by atomic mass is 32.1. The highest BCUT2D eigenvalue weighted by Gasteiger charge is 2.28. The molecule has 1 aromatic carbocycles. The molecule has 0 spiro atoms. The molecule has 0 radical (unpaired) electrons. The predicted octanol–water partition coefficient (Wildman–Crippen LogP) is 4.63. The first-order chi connectivity index (χ1) is 18.4. The van der Waals surface area contributed by atoms with Crippen molar-refractivity contribution in [2.45, 2.75) is 37.9 Å². The molecule has 4 aromatic rings. The fourth-order valence-corrected chi connectivity index (χ4v) is 5.33. The third-order valence-corrected chi connectivity index (χ3v) is 7.65. The van der Waals surface area contributed by atoms with Crippen molar-refractivity contribution in [1.29, 1.82) is 0 Å². The topological polar surface area (TPSA) is 122 Å². The summed E-state index contributed by atoms with van der Waals surface area (Å²) in [5.74, 6) is -0.110. The molecule has 3 aromatic heterocycles. The zero-order valence-corrected chi connectivity index (χ0v) is 21.1. The first-order valence-electron chi connectivity index (χ1n) is 12.4. The summed E-state index contributed by atoms with van der Waals surface area (Å²) in [5, 5.41) is 5.44. The summed E-state index contributed by atoms with van der Waals surface area (Å²) in [6.07, 6.45) is 5.98. The van der Waals surface area contributed by atoms with Crippen LogP contribution in [0.2, 0.25) is 0 Å². The number of nitrogens with zero attached hydrogens (tertiary/aromatic N) is 3. The Bertz CT molecular complexity index is 1520. The number of nitrogens with two attached hydrogens (primary N) is 1. The summed E-state index contributed by atoms with van der Waals surface area (Å²) < 4.78 is 21.5. The lowest BCUT2D eigenvalue weighted by Gasteiger charge is -2.15. The van der Waals surface area contributed by atoms with Gasteiger partial charge in [-0.3, -0.25) is 14.8 Å². The second kappa shape index (κ2) is 9.99. The standard InChI is InChI=1S/C27H25FN6O3S/c28-18-11-17(33-27(36)32-16-2-3-16)4-6-22(18)37-23-7-9-30-21-12-24(38-25(21)23)20-5-1-15(13-31-20)14-34-10-8-19(29)26(34)35/h1,4-7,9,11-13,16,19H,2-3,8,10,14,29H2,(H2,32,33,36)/t19-/m0/s1. The van der Waals surface area contributed by atoms with E-state index in [1.54, 1.807) is 29.4 Å². The molecule has 11 heteroatoms. The van der Waals surface area contributed by atoms with Crippen LogP contribution >= 0.6 is 11.3 Å². The molecule has 6 rings (SSSR count). The third-order valence-electron chi connectivity index (χ3n) is 6.49. The summed E-state index contributed by atoms with van der Waals surface area (Å²) in [7, 11) is 0. The maximum Gasteiger partial charge on any atom is 0.319 e. The summed E-state index contributed by atoms with van der Waals surface area (Å²) in [5.41, 5.74) is 8.55. The minimum atomic E-state index is -0.592. The van der Waals surface area contributed by atoms with Crippen LogP contribution in [0.5, 0.6) is 11.5 Å². The number of hydrogen-bond donors (Lipinski definition) is 3. The van der Waals surface area contributed by atoms with Gasteiger partial charge in [-0.1, -0.05) is 6.07 Å². The molecular formula is C27H25FN6O3S. The van der Waals surface area contributed by atoms with Gasteiger partial charge < -0.3 is 26.0 Å². The Hall–Kier alpha value is -4.09. The first kappa shape index (κ1) is 24.3. The number of benzene rings is 1. The normalized spacial score (nSPS) is 17.2. The van der Waals surface area contributed by atoms with Gasteiger partial charge in [0.15, 0.2) is 11.6 Å². The van der Waals surface area contributed by atoms with E-state index in [1.807, 2.05) is 18.2 Å². The Morgan fingerprint density at radius 1 is 1.13 bits per heavy atom. The van der Waals surface area contributed by atoms with Crippen molar-refractivity contribution in [3.8, 4) is 22.1 Å². The van der Waals surface area contributed by atoms with Gasteiger partial charge in [-0.2, -0.15) is 0 Å². The van der Waals surface area contributed by atoms with E-state index >= 15 is 0 Å². The number of carbonyl (C=O) groups excluding carboxylic acids is 2. The number of aromatic nitrogens is 2. The lowest BCUT2D eigenvalue weighted by molar-refractivity contribution is -0.129. The average Bonchev–Trinajstić information content (AvgIpc) is 3.51. The van der Waals surface area contributed by atoms with Crippen LogP contribution in [0.15, 0.2) is 54.9 Å². The summed E-state index contributed by atoms with van der Waals surface area (Å²) >= 11 is 1.45. The Kier molecular flexibility index (Phi) is 6.38. The van der Waals surface area contributed by atoms with Gasteiger partial charge in [-0.15, -0.1) is 11.3 Å². The monoisotopic (exact) mass is 532 g/mol. The van der Waals surface area contributed by atoms with E-state index in [4.69, 9.17) is 10.5 Å². The number of hydrogen-bond acceptors (Lipinski definition) is 7. The van der Waals surface area contributed by atoms with Gasteiger partial charge in [0, 0.05) is 49.3 Å². The summed E-state index contributed by atoms with van der Waals surface area (Å²) in [4.78, 5) is 35.7. The van der Waals surface area contributed by atoms with Crippen molar-refractivity contribution in [3.05, 3.63) is 66.2 Å². The van der Waals surface area contributed by atoms with Gasteiger partial charge in [0.2, 0.25) is 5.91 Å². The largest absolute Gasteiger partial charge is 0.453 e. The van der Waals surface area contributed by atoms with E-state index in [9.17, 15) is 14.0 Å². The number of carbonyl (C=O) groups is 2. The van der Waals surface area contributed by atoms with Crippen molar-refractivity contribution in [3.63, 3.8) is 0 Å². The molecule has 194 valence electrons. The van der Waals surface area contributed by atoms with Crippen LogP contribution < -0.4 is 21.1 Å². The molecule has 9 nitrogen and oxygen atoms in total. The molecule has 0 bridgehead atoms. The predicted molar refractivity (Wildman–Crippen MR) is 143 cm³/mol. The Balaban J connectivity index is 1.17. The number of nitrogens with one attached hydrogen (secondary N) is 2. The molecule has 4 heterocycles. The number of fused-ring (bicyclic) bond motifs is 1. The number of thiophene rings is 1. The fourth-order valence-electron chi connectivity index (χ4n) is 4.29. The van der Waals surface area contributed by atoms with Crippen molar-refractivity contribution in [2.75, 3.05) is 11.9 Å². The lowest BCUT2D eigenvalue weighted by atomic mass is 10.2. The molecule has 1 saturated carbocycles. The van der Waals surface area contributed by atoms with Gasteiger partial charge in [-0.25, -0.2) is 9.18 Å². The lowest BCUT2D eigenvalue weighted by Crippen LogP contribution is -2.33. The molecular weight excluding hydrogens is 507 g/mol. The zero-order chi connectivity index (χ0) is 26.2. The molecule has 2 fully saturated rings. The van der Waals surface area contributed by atoms with E-state index in [0.717, 1.165) is 33.7 Å². The number of pyridine rings is 2. The number of amides is 3. The summed E-state index contributed by atoms with van der Waals surface area (Å²) in [6.45, 7) is 1.14. The smallest absolute Gasteiger partial charge is 0.319 e. The molecule has 1 aliphatic heterocycles. The SMILES string of the molecule is N[C@H]1CCN(Cc2ccc(-c3cc4nccc(Oc5ccc(NC(=O)NC6CC6)cc5F)c4s3)nc2)C1=O. The Labute approximate surface area is 221 Å². The highest BCUT2D eigenvalue weighted by molar-refractivity contribution is 7.22. The molecule has 1 atom stereocenters. The number of halogens is 1. The number of likely N-dealkylation sites (tertiary alicyclic amines) is 1. The van der Waals surface area contributed by atoms with Crippen molar-refractivity contribution >= 4 is 39.2 Å². The Morgan fingerprint density at radius 2 is 2.00 bits per heavy atom. The van der Waals surface area contributed by atoms with Gasteiger partial charge in [0.25, 0.3) is 0 Å². The molecule has 2 aliphatic rings. The van der Waals surface area contributed by atoms with Crippen LogP contribution in [0.1, 0.15) is 24.8 Å². The number of anilines is 1. The first-order valence-corrected chi connectivity index (χ1v) is 13.2. The molecule has 0 unspecified atom stereocenters. The van der Waals surface area contributed by atoms with Crippen LogP contribution in [0.3, 0.4) is 0 Å². The van der Waals surface area contributed by atoms with Crippen LogP contribution in [0.4, 0.5) is 14.9 Å². The van der Waals surface area contributed by atoms with Gasteiger partial charge in [-0.05, 0) is 49.1 Å². The van der Waals surface area contributed by atoms with Crippen LogP contribution in [-0.2, 0) is 11.3 Å². The molecule has 3 amide bonds. The molecule has 38 heavy (non-hydrogen) atoms. The second-order valence-electron chi connectivity index (χ2n) is 9.46. The van der Waals surface area contributed by atoms with E-state index in [-0.39, 0.29) is 23.7 Å². The van der Waals surface area contributed by atoms with E-state index in [0.29, 0.717) is 36.5 Å². The highest BCUT2D eigenvalue weighted by Crippen LogP contribution is 2.39. The van der Waals surface area contributed by atoms with E-state index < -0.39 is 11.9 Å². The molecule has 1 aliphatic carbocycles. The minimum absolute atomic E-state index is 0.0291. The number of urea groups is 1. The van der Waals surface area contributed by atoms with Crippen molar-refractivity contribution < 1.29 is 18.7 Å². The van der Waals surface area contributed by atoms with Crippen LogP contribution in [0.25, 0.3) is 20.8 Å². The average molecular weight is 533 g/mol. The molecule has 1 saturated heterocycles. The van der Waals surface area contributed by atoms with E-state index in [2.05, 4.69) is 20.6 Å². The molecule has 4 N–H and O–H groups in total. The van der Waals surface area contributed by atoms with Gasteiger partial charge in [0.05, 0.1) is 26.8 Å². The zero-order valence-electron chi connectivity index (χ0n) is 20.3. The van der Waals surface area contributed by atoms with Gasteiger partial charge >= 0.3 is 6.03 Å². The van der Waals surface area contributed by atoms with Crippen molar-refractivity contribution in [2.24, 2.45) is 5.73 Å². The Morgan fingerprint density at radius 3 is 2.71 bits per heavy atom. The quantitative estimate of drug-likeness (QED) is 0.319. The fraction of sp³-hybridized carbons (Fsp3) is 0.259. The third kappa shape index (κ3) is 5.15. The second-order valence-corrected chi connectivity index (χ2v) is 10.5. The maximum absolute atomic E-state index is 14.8.